The molecule has 1 atom stereocenters. The van der Waals surface area contributed by atoms with Crippen LogP contribution in [-0.2, 0) is 13.5 Å². The molecule has 0 bridgehead atoms. The van der Waals surface area contributed by atoms with Gasteiger partial charge in [0, 0.05) is 32.4 Å². The normalized spacial score (nSPS) is 18.1. The zero-order chi connectivity index (χ0) is 26.1. The van der Waals surface area contributed by atoms with Gasteiger partial charge in [-0.15, -0.1) is 5.10 Å². The first-order chi connectivity index (χ1) is 18.6. The number of aryl methyl sites for hydroxylation is 2. The van der Waals surface area contributed by atoms with Crippen LogP contribution >= 0.6 is 0 Å². The number of alkyl halides is 1. The molecule has 2 heterocycles. The number of benzene rings is 3. The van der Waals surface area contributed by atoms with E-state index in [4.69, 9.17) is 10.5 Å². The summed E-state index contributed by atoms with van der Waals surface area (Å²) < 4.78 is 20.7. The molecule has 1 aliphatic carbocycles. The van der Waals surface area contributed by atoms with E-state index < -0.39 is 0 Å². The molecule has 38 heavy (non-hydrogen) atoms. The van der Waals surface area contributed by atoms with E-state index >= 15 is 0 Å². The molecule has 1 aromatic heterocycles. The fourth-order valence-electron chi connectivity index (χ4n) is 5.92. The summed E-state index contributed by atoms with van der Waals surface area (Å²) in [5.74, 6) is 0.877. The zero-order valence-electron chi connectivity index (χ0n) is 21.9. The minimum absolute atomic E-state index is 0.149. The number of nitrogen functional groups attached to an aromatic ring is 1. The molecule has 0 spiro atoms. The number of anilines is 1. The Labute approximate surface area is 222 Å². The van der Waals surface area contributed by atoms with Crippen molar-refractivity contribution in [3.8, 4) is 5.75 Å². The standard InChI is InChI=1S/C31H34FN5O/c1-36-30-19-23(8-13-29(30)34-35-36)27-5-2-4-22-18-24(33)9-12-28(22)31(27)21-6-10-25(11-7-21)38-26-14-17-37(20-26)16-3-15-32/h6-13,18-19,26H,2-5,14-17,20,33H2,1H3. The van der Waals surface area contributed by atoms with E-state index in [0.717, 1.165) is 67.8 Å². The van der Waals surface area contributed by atoms with E-state index in [1.165, 1.54) is 33.4 Å². The van der Waals surface area contributed by atoms with Crippen molar-refractivity contribution in [2.24, 2.45) is 7.05 Å². The predicted octanol–water partition coefficient (Wildman–Crippen LogP) is 5.66. The highest BCUT2D eigenvalue weighted by atomic mass is 19.1. The molecule has 196 valence electrons. The first-order valence-corrected chi connectivity index (χ1v) is 13.6. The molecule has 1 unspecified atom stereocenters. The quantitative estimate of drug-likeness (QED) is 0.324. The maximum Gasteiger partial charge on any atom is 0.119 e. The molecule has 7 heteroatoms. The van der Waals surface area contributed by atoms with Gasteiger partial charge in [0.25, 0.3) is 0 Å². The second kappa shape index (κ2) is 10.6. The summed E-state index contributed by atoms with van der Waals surface area (Å²) in [5, 5.41) is 8.46. The third-order valence-electron chi connectivity index (χ3n) is 7.82. The number of nitrogens with zero attached hydrogens (tertiary/aromatic N) is 4. The van der Waals surface area contributed by atoms with Crippen molar-refractivity contribution in [2.75, 3.05) is 32.0 Å². The molecule has 0 saturated carbocycles. The highest BCUT2D eigenvalue weighted by Crippen LogP contribution is 2.41. The van der Waals surface area contributed by atoms with Crippen LogP contribution in [0.3, 0.4) is 0 Å². The van der Waals surface area contributed by atoms with Gasteiger partial charge < -0.3 is 10.5 Å². The molecule has 1 saturated heterocycles. The first-order valence-electron chi connectivity index (χ1n) is 13.6. The minimum atomic E-state index is -0.260. The molecule has 4 aromatic rings. The van der Waals surface area contributed by atoms with Crippen LogP contribution in [0.5, 0.6) is 5.75 Å². The Balaban J connectivity index is 1.36. The maximum atomic E-state index is 12.6. The zero-order valence-corrected chi connectivity index (χ0v) is 21.9. The number of hydrogen-bond acceptors (Lipinski definition) is 5. The van der Waals surface area contributed by atoms with E-state index in [0.29, 0.717) is 6.42 Å². The molecular weight excluding hydrogens is 477 g/mol. The Kier molecular flexibility index (Phi) is 6.85. The van der Waals surface area contributed by atoms with Gasteiger partial charge in [-0.2, -0.15) is 0 Å². The Morgan fingerprint density at radius 3 is 2.71 bits per heavy atom. The molecule has 2 aliphatic rings. The highest BCUT2D eigenvalue weighted by Gasteiger charge is 2.24. The van der Waals surface area contributed by atoms with Crippen LogP contribution in [0.2, 0.25) is 0 Å². The predicted molar refractivity (Wildman–Crippen MR) is 151 cm³/mol. The van der Waals surface area contributed by atoms with Gasteiger partial charge in [-0.3, -0.25) is 9.29 Å². The molecule has 0 radical (unpaired) electrons. The van der Waals surface area contributed by atoms with Gasteiger partial charge in [0.2, 0.25) is 0 Å². The number of fused-ring (bicyclic) bond motifs is 2. The average Bonchev–Trinajstić information content (AvgIpc) is 3.48. The minimum Gasteiger partial charge on any atom is -0.489 e. The molecule has 2 N–H and O–H groups in total. The maximum absolute atomic E-state index is 12.6. The lowest BCUT2D eigenvalue weighted by molar-refractivity contribution is 0.198. The van der Waals surface area contributed by atoms with Crippen molar-refractivity contribution < 1.29 is 9.13 Å². The second-order valence-electron chi connectivity index (χ2n) is 10.4. The van der Waals surface area contributed by atoms with Crippen molar-refractivity contribution in [1.82, 2.24) is 19.9 Å². The van der Waals surface area contributed by atoms with Crippen LogP contribution in [0.15, 0.2) is 60.7 Å². The molecular formula is C31H34FN5O. The van der Waals surface area contributed by atoms with Crippen molar-refractivity contribution in [2.45, 2.75) is 38.2 Å². The Morgan fingerprint density at radius 2 is 1.87 bits per heavy atom. The Morgan fingerprint density at radius 1 is 1.03 bits per heavy atom. The average molecular weight is 512 g/mol. The van der Waals surface area contributed by atoms with Gasteiger partial charge in [0.1, 0.15) is 17.4 Å². The van der Waals surface area contributed by atoms with Crippen molar-refractivity contribution in [3.63, 3.8) is 0 Å². The summed E-state index contributed by atoms with van der Waals surface area (Å²) in [4.78, 5) is 2.29. The fourth-order valence-corrected chi connectivity index (χ4v) is 5.92. The number of halogens is 1. The molecule has 1 fully saturated rings. The monoisotopic (exact) mass is 511 g/mol. The fraction of sp³-hybridized carbons (Fsp3) is 0.355. The lowest BCUT2D eigenvalue weighted by Crippen LogP contribution is -2.26. The third-order valence-corrected chi connectivity index (χ3v) is 7.82. The Bertz CT molecular complexity index is 1480. The number of likely N-dealkylation sites (tertiary alicyclic amines) is 1. The summed E-state index contributed by atoms with van der Waals surface area (Å²) in [6, 6.07) is 21.3. The van der Waals surface area contributed by atoms with Gasteiger partial charge in [-0.05, 0) is 102 Å². The van der Waals surface area contributed by atoms with Crippen LogP contribution in [-0.4, -0.2) is 52.3 Å². The van der Waals surface area contributed by atoms with E-state index in [2.05, 4.69) is 69.8 Å². The van der Waals surface area contributed by atoms with E-state index in [1.807, 2.05) is 17.8 Å². The SMILES string of the molecule is Cn1nnc2ccc(C3=C(c4ccc(OC5CCN(CCCF)C5)cc4)c4ccc(N)cc4CCC3)cc21. The molecule has 0 amide bonds. The van der Waals surface area contributed by atoms with Gasteiger partial charge in [0.15, 0.2) is 0 Å². The van der Waals surface area contributed by atoms with E-state index in [-0.39, 0.29) is 12.8 Å². The highest BCUT2D eigenvalue weighted by molar-refractivity contribution is 6.01. The summed E-state index contributed by atoms with van der Waals surface area (Å²) >= 11 is 0. The molecule has 6 nitrogen and oxygen atoms in total. The molecule has 6 rings (SSSR count). The first kappa shape index (κ1) is 24.6. The molecule has 1 aliphatic heterocycles. The smallest absolute Gasteiger partial charge is 0.119 e. The van der Waals surface area contributed by atoms with Crippen molar-refractivity contribution in [3.05, 3.63) is 82.9 Å². The van der Waals surface area contributed by atoms with E-state index in [1.54, 1.807) is 0 Å². The van der Waals surface area contributed by atoms with E-state index in [9.17, 15) is 4.39 Å². The van der Waals surface area contributed by atoms with Gasteiger partial charge in [-0.1, -0.05) is 29.5 Å². The topological polar surface area (TPSA) is 69.2 Å². The van der Waals surface area contributed by atoms with Crippen LogP contribution in [0, 0.1) is 0 Å². The summed E-state index contributed by atoms with van der Waals surface area (Å²) in [6.07, 6.45) is 4.73. The van der Waals surface area contributed by atoms with Crippen LogP contribution in [0.4, 0.5) is 10.1 Å². The van der Waals surface area contributed by atoms with Crippen LogP contribution in [0.1, 0.15) is 47.9 Å². The number of hydrogen-bond donors (Lipinski definition) is 1. The summed E-state index contributed by atoms with van der Waals surface area (Å²) in [7, 11) is 1.93. The molecule has 3 aromatic carbocycles. The largest absolute Gasteiger partial charge is 0.489 e. The van der Waals surface area contributed by atoms with Gasteiger partial charge >= 0.3 is 0 Å². The number of aromatic nitrogens is 3. The van der Waals surface area contributed by atoms with Gasteiger partial charge in [-0.25, -0.2) is 4.68 Å². The van der Waals surface area contributed by atoms with Crippen molar-refractivity contribution >= 4 is 27.9 Å². The van der Waals surface area contributed by atoms with Crippen LogP contribution < -0.4 is 10.5 Å². The number of rotatable bonds is 7. The second-order valence-corrected chi connectivity index (χ2v) is 10.4. The lowest BCUT2D eigenvalue weighted by atomic mass is 9.87. The summed E-state index contributed by atoms with van der Waals surface area (Å²) in [6.45, 7) is 2.37. The van der Waals surface area contributed by atoms with Crippen molar-refractivity contribution in [1.29, 1.82) is 0 Å². The van der Waals surface area contributed by atoms with Gasteiger partial charge in [0.05, 0.1) is 12.2 Å². The Hall–Kier alpha value is -3.71. The summed E-state index contributed by atoms with van der Waals surface area (Å²) in [5.41, 5.74) is 16.4. The lowest BCUT2D eigenvalue weighted by Gasteiger charge is -2.19. The number of nitrogens with two attached hydrogens (primary N) is 1. The third kappa shape index (κ3) is 4.90. The number of allylic oxidation sites excluding steroid dienone is 1. The number of ether oxygens (including phenoxy) is 1. The van der Waals surface area contributed by atoms with Crippen LogP contribution in [0.25, 0.3) is 22.2 Å².